The van der Waals surface area contributed by atoms with Gasteiger partial charge < -0.3 is 24.9 Å². The molecular formula is C16H18N4O7S2. The Morgan fingerprint density at radius 2 is 2.24 bits per heavy atom. The van der Waals surface area contributed by atoms with Crippen molar-refractivity contribution in [2.24, 2.45) is 10.6 Å². The molecule has 2 aliphatic rings. The van der Waals surface area contributed by atoms with Crippen LogP contribution in [-0.4, -0.2) is 81.9 Å². The van der Waals surface area contributed by atoms with Gasteiger partial charge in [0.25, 0.3) is 5.91 Å². The lowest BCUT2D eigenvalue weighted by Crippen LogP contribution is -2.74. The number of carboxylic acids is 1. The van der Waals surface area contributed by atoms with Crippen LogP contribution in [0, 0.1) is 5.41 Å². The third kappa shape index (κ3) is 4.05. The van der Waals surface area contributed by atoms with Gasteiger partial charge in [-0.1, -0.05) is 5.16 Å². The van der Waals surface area contributed by atoms with Crippen LogP contribution in [-0.2, 0) is 28.8 Å². The van der Waals surface area contributed by atoms with Crippen LogP contribution in [0.5, 0.6) is 0 Å². The van der Waals surface area contributed by atoms with Gasteiger partial charge in [0.1, 0.15) is 36.2 Å². The highest BCUT2D eigenvalue weighted by molar-refractivity contribution is 8.00. The van der Waals surface area contributed by atoms with Gasteiger partial charge in [0.15, 0.2) is 5.71 Å². The molecular weight excluding hydrogens is 424 g/mol. The standard InChI is InChI=1S/C16H18N4O7S2/c1-8(21)27-5-16(15(24)25)4-20-13(23)11(14(20)29-6-16)18-12(22)10(19-26-2)9-3-28-7-17-9/h3,7,11,14H,4-6H2,1-2H3,(H,18,22)(H,24,25)/t11?,14-,16?/m1/s1. The summed E-state index contributed by atoms with van der Waals surface area (Å²) in [4.78, 5) is 58.1. The third-order valence-corrected chi connectivity index (χ3v) is 6.68. The summed E-state index contributed by atoms with van der Waals surface area (Å²) in [5, 5.41) is 17.1. The van der Waals surface area contributed by atoms with Gasteiger partial charge in [-0.25, -0.2) is 4.98 Å². The lowest BCUT2D eigenvalue weighted by Gasteiger charge is -2.53. The minimum atomic E-state index is -1.39. The largest absolute Gasteiger partial charge is 0.481 e. The van der Waals surface area contributed by atoms with Crippen molar-refractivity contribution in [1.29, 1.82) is 0 Å². The number of hydrogen-bond acceptors (Lipinski definition) is 10. The normalized spacial score (nSPS) is 26.2. The number of aromatic nitrogens is 1. The minimum Gasteiger partial charge on any atom is -0.481 e. The number of aliphatic carboxylic acids is 1. The highest BCUT2D eigenvalue weighted by Crippen LogP contribution is 2.42. The molecule has 0 radical (unpaired) electrons. The number of amides is 2. The number of nitrogens with one attached hydrogen (secondary N) is 1. The number of carbonyl (C=O) groups excluding carboxylic acids is 3. The summed E-state index contributed by atoms with van der Waals surface area (Å²) in [5.74, 6) is -2.65. The molecule has 3 heterocycles. The SMILES string of the molecule is CON=C(C(=O)NC1C(=O)N2CC(COC(C)=O)(C(=O)O)CS[C@H]12)c1cscn1. The van der Waals surface area contributed by atoms with Crippen molar-refractivity contribution < 1.29 is 33.9 Å². The summed E-state index contributed by atoms with van der Waals surface area (Å²) in [6.07, 6.45) is 0. The van der Waals surface area contributed by atoms with E-state index in [2.05, 4.69) is 15.5 Å². The molecule has 0 bridgehead atoms. The van der Waals surface area contributed by atoms with E-state index in [1.165, 1.54) is 47.5 Å². The van der Waals surface area contributed by atoms with E-state index in [4.69, 9.17) is 9.57 Å². The Morgan fingerprint density at radius 1 is 1.48 bits per heavy atom. The molecule has 1 aromatic rings. The zero-order chi connectivity index (χ0) is 21.2. The van der Waals surface area contributed by atoms with E-state index in [1.807, 2.05) is 0 Å². The molecule has 0 aliphatic carbocycles. The molecule has 11 nitrogen and oxygen atoms in total. The summed E-state index contributed by atoms with van der Waals surface area (Å²) in [6, 6.07) is -0.825. The maximum absolute atomic E-state index is 12.6. The lowest BCUT2D eigenvalue weighted by molar-refractivity contribution is -0.164. The van der Waals surface area contributed by atoms with Gasteiger partial charge in [0.05, 0.1) is 5.51 Å². The molecule has 13 heteroatoms. The zero-order valence-corrected chi connectivity index (χ0v) is 17.1. The topological polar surface area (TPSA) is 147 Å². The fraction of sp³-hybridized carbons (Fsp3) is 0.500. The molecule has 2 aliphatic heterocycles. The van der Waals surface area contributed by atoms with Gasteiger partial charge in [0.2, 0.25) is 5.91 Å². The fourth-order valence-electron chi connectivity index (χ4n) is 2.98. The van der Waals surface area contributed by atoms with Crippen molar-refractivity contribution >= 4 is 52.6 Å². The smallest absolute Gasteiger partial charge is 0.315 e. The molecule has 1 aromatic heterocycles. The molecule has 2 saturated heterocycles. The van der Waals surface area contributed by atoms with E-state index in [1.54, 1.807) is 5.38 Å². The number of rotatable bonds is 7. The lowest BCUT2D eigenvalue weighted by atomic mass is 9.88. The molecule has 2 unspecified atom stereocenters. The molecule has 2 amide bonds. The predicted octanol–water partition coefficient (Wildman–Crippen LogP) is -0.472. The Balaban J connectivity index is 1.68. The molecule has 29 heavy (non-hydrogen) atoms. The first-order valence-electron chi connectivity index (χ1n) is 8.38. The van der Waals surface area contributed by atoms with Crippen LogP contribution in [0.2, 0.25) is 0 Å². The maximum Gasteiger partial charge on any atom is 0.315 e. The van der Waals surface area contributed by atoms with Crippen LogP contribution in [0.25, 0.3) is 0 Å². The summed E-state index contributed by atoms with van der Waals surface area (Å²) < 4.78 is 4.90. The van der Waals surface area contributed by atoms with Gasteiger partial charge >= 0.3 is 11.9 Å². The number of ether oxygens (including phenoxy) is 1. The number of β-lactam (4-membered cyclic amide) rings is 1. The predicted molar refractivity (Wildman–Crippen MR) is 102 cm³/mol. The Labute approximate surface area is 173 Å². The van der Waals surface area contributed by atoms with Crippen LogP contribution in [0.1, 0.15) is 12.6 Å². The first-order chi connectivity index (χ1) is 13.8. The van der Waals surface area contributed by atoms with Crippen molar-refractivity contribution in [1.82, 2.24) is 15.2 Å². The summed E-state index contributed by atoms with van der Waals surface area (Å²) >= 11 is 2.49. The minimum absolute atomic E-state index is 0.0597. The second kappa shape index (κ2) is 8.37. The number of thioether (sulfide) groups is 1. The molecule has 0 saturated carbocycles. The number of fused-ring (bicyclic) bond motifs is 1. The van der Waals surface area contributed by atoms with Crippen LogP contribution >= 0.6 is 23.1 Å². The number of nitrogens with zero attached hydrogens (tertiary/aromatic N) is 3. The number of carboxylic acid groups (broad SMARTS) is 1. The van der Waals surface area contributed by atoms with E-state index in [9.17, 15) is 24.3 Å². The van der Waals surface area contributed by atoms with E-state index in [0.717, 1.165) is 0 Å². The van der Waals surface area contributed by atoms with E-state index < -0.39 is 40.6 Å². The maximum atomic E-state index is 12.6. The van der Waals surface area contributed by atoms with Gasteiger partial charge in [-0.3, -0.25) is 19.2 Å². The molecule has 3 rings (SSSR count). The Morgan fingerprint density at radius 3 is 2.83 bits per heavy atom. The summed E-state index contributed by atoms with van der Waals surface area (Å²) in [7, 11) is 1.29. The van der Waals surface area contributed by atoms with E-state index in [-0.39, 0.29) is 24.6 Å². The van der Waals surface area contributed by atoms with Crippen LogP contribution in [0.15, 0.2) is 16.0 Å². The summed E-state index contributed by atoms with van der Waals surface area (Å²) in [6.45, 7) is 0.756. The number of thiazole rings is 1. The van der Waals surface area contributed by atoms with E-state index >= 15 is 0 Å². The molecule has 3 atom stereocenters. The van der Waals surface area contributed by atoms with Gasteiger partial charge in [-0.15, -0.1) is 23.1 Å². The monoisotopic (exact) mass is 442 g/mol. The van der Waals surface area contributed by atoms with Crippen molar-refractivity contribution in [2.45, 2.75) is 18.3 Å². The Kier molecular flexibility index (Phi) is 6.07. The second-order valence-electron chi connectivity index (χ2n) is 6.48. The van der Waals surface area contributed by atoms with Gasteiger partial charge in [-0.2, -0.15) is 0 Å². The summed E-state index contributed by atoms with van der Waals surface area (Å²) in [5.41, 5.74) is 0.409. The molecule has 0 spiro atoms. The van der Waals surface area contributed by atoms with Crippen molar-refractivity contribution in [3.8, 4) is 0 Å². The number of esters is 1. The van der Waals surface area contributed by atoms with Crippen molar-refractivity contribution in [2.75, 3.05) is 26.0 Å². The van der Waals surface area contributed by atoms with Crippen LogP contribution in [0.3, 0.4) is 0 Å². The molecule has 0 aromatic carbocycles. The van der Waals surface area contributed by atoms with Crippen LogP contribution < -0.4 is 5.32 Å². The second-order valence-corrected chi connectivity index (χ2v) is 8.30. The molecule has 156 valence electrons. The average Bonchev–Trinajstić information content (AvgIpc) is 3.22. The quantitative estimate of drug-likeness (QED) is 0.247. The van der Waals surface area contributed by atoms with Crippen molar-refractivity contribution in [3.05, 3.63) is 16.6 Å². The number of oxime groups is 1. The van der Waals surface area contributed by atoms with E-state index in [0.29, 0.717) is 5.69 Å². The van der Waals surface area contributed by atoms with Gasteiger partial charge in [-0.05, 0) is 0 Å². The molecule has 2 fully saturated rings. The van der Waals surface area contributed by atoms with Crippen molar-refractivity contribution in [3.63, 3.8) is 0 Å². The first kappa shape index (κ1) is 21.0. The van der Waals surface area contributed by atoms with Crippen LogP contribution in [0.4, 0.5) is 0 Å². The highest BCUT2D eigenvalue weighted by atomic mass is 32.2. The zero-order valence-electron chi connectivity index (χ0n) is 15.5. The Bertz CT molecular complexity index is 859. The third-order valence-electron chi connectivity index (χ3n) is 4.51. The number of carbonyl (C=O) groups is 4. The average molecular weight is 442 g/mol. The first-order valence-corrected chi connectivity index (χ1v) is 10.4. The highest BCUT2D eigenvalue weighted by Gasteiger charge is 2.58. The Hall–Kier alpha value is -2.67. The number of hydrogen-bond donors (Lipinski definition) is 2. The fourth-order valence-corrected chi connectivity index (χ4v) is 5.04. The van der Waals surface area contributed by atoms with Gasteiger partial charge in [0, 0.05) is 24.6 Å². The molecule has 2 N–H and O–H groups in total.